The van der Waals surface area contributed by atoms with Crippen LogP contribution in [0.2, 0.25) is 0 Å². The largest absolute Gasteiger partial charge is 0.352 e. The van der Waals surface area contributed by atoms with Crippen molar-refractivity contribution in [1.29, 1.82) is 0 Å². The van der Waals surface area contributed by atoms with Crippen LogP contribution in [0, 0.1) is 0 Å². The molecular weight excluding hydrogens is 328 g/mol. The quantitative estimate of drug-likeness (QED) is 0.555. The van der Waals surface area contributed by atoms with Crippen LogP contribution in [0.15, 0.2) is 23.0 Å². The molecule has 1 unspecified atom stereocenters. The summed E-state index contributed by atoms with van der Waals surface area (Å²) < 4.78 is 0. The third kappa shape index (κ3) is 6.02. The summed E-state index contributed by atoms with van der Waals surface area (Å²) in [6.07, 6.45) is 5.20. The molecule has 0 fully saturated rings. The molecule has 2 aromatic rings. The number of unbranched alkanes of at least 4 members (excludes halogenated alkanes) is 1. The first kappa shape index (κ1) is 20.3. The van der Waals surface area contributed by atoms with Crippen LogP contribution in [-0.2, 0) is 11.2 Å². The first-order valence-corrected chi connectivity index (χ1v) is 8.32. The van der Waals surface area contributed by atoms with Gasteiger partial charge in [0.2, 0.25) is 5.91 Å². The lowest BCUT2D eigenvalue weighted by molar-refractivity contribution is -0.121. The lowest BCUT2D eigenvalue weighted by Crippen LogP contribution is -2.40. The van der Waals surface area contributed by atoms with E-state index in [0.717, 1.165) is 48.7 Å². The minimum atomic E-state index is -0.198. The van der Waals surface area contributed by atoms with Gasteiger partial charge >= 0.3 is 5.69 Å². The van der Waals surface area contributed by atoms with E-state index in [1.54, 1.807) is 0 Å². The third-order valence-electron chi connectivity index (χ3n) is 4.01. The van der Waals surface area contributed by atoms with Crippen molar-refractivity contribution in [1.82, 2.24) is 15.3 Å². The number of halogens is 1. The Bertz CT molecular complexity index is 695. The number of aromatic nitrogens is 2. The monoisotopic (exact) mass is 354 g/mol. The fourth-order valence-electron chi connectivity index (χ4n) is 2.69. The number of carbonyl (C=O) groups is 1. The summed E-state index contributed by atoms with van der Waals surface area (Å²) in [6.45, 7) is 2.62. The Morgan fingerprint density at radius 1 is 1.25 bits per heavy atom. The van der Waals surface area contributed by atoms with Crippen LogP contribution >= 0.6 is 12.4 Å². The number of hydrogen-bond acceptors (Lipinski definition) is 3. The molecule has 0 radical (unpaired) electrons. The summed E-state index contributed by atoms with van der Waals surface area (Å²) in [7, 11) is 0. The van der Waals surface area contributed by atoms with E-state index in [1.165, 1.54) is 0 Å². The average molecular weight is 355 g/mol. The molecule has 7 heteroatoms. The zero-order valence-corrected chi connectivity index (χ0v) is 14.9. The van der Waals surface area contributed by atoms with Crippen LogP contribution in [0.25, 0.3) is 11.0 Å². The molecule has 0 aliphatic carbocycles. The molecular formula is C17H27ClN4O2. The lowest BCUT2D eigenvalue weighted by atomic mass is 10.1. The van der Waals surface area contributed by atoms with Crippen LogP contribution in [-0.4, -0.2) is 28.5 Å². The van der Waals surface area contributed by atoms with Crippen molar-refractivity contribution in [2.45, 2.75) is 51.5 Å². The minimum Gasteiger partial charge on any atom is -0.352 e. The van der Waals surface area contributed by atoms with E-state index in [2.05, 4.69) is 22.2 Å². The highest BCUT2D eigenvalue weighted by atomic mass is 35.5. The molecule has 0 aliphatic rings. The van der Waals surface area contributed by atoms with E-state index in [4.69, 9.17) is 5.73 Å². The summed E-state index contributed by atoms with van der Waals surface area (Å²) in [5.74, 6) is 0.0627. The number of rotatable bonds is 9. The highest BCUT2D eigenvalue weighted by Gasteiger charge is 2.10. The van der Waals surface area contributed by atoms with Crippen LogP contribution in [0.4, 0.5) is 0 Å². The van der Waals surface area contributed by atoms with Crippen LogP contribution < -0.4 is 16.7 Å². The van der Waals surface area contributed by atoms with Gasteiger partial charge in [-0.25, -0.2) is 4.79 Å². The molecule has 1 aromatic carbocycles. The predicted molar refractivity (Wildman–Crippen MR) is 99.6 cm³/mol. The molecule has 0 saturated carbocycles. The molecule has 6 nitrogen and oxygen atoms in total. The maximum atomic E-state index is 12.0. The van der Waals surface area contributed by atoms with Gasteiger partial charge in [-0.2, -0.15) is 0 Å². The molecule has 24 heavy (non-hydrogen) atoms. The molecule has 134 valence electrons. The number of hydrogen-bond donors (Lipinski definition) is 4. The minimum absolute atomic E-state index is 0. The topological polar surface area (TPSA) is 104 Å². The second-order valence-electron chi connectivity index (χ2n) is 5.95. The third-order valence-corrected chi connectivity index (χ3v) is 4.01. The number of fused-ring (bicyclic) bond motifs is 1. The van der Waals surface area contributed by atoms with Gasteiger partial charge in [0.15, 0.2) is 0 Å². The molecule has 1 amide bonds. The first-order chi connectivity index (χ1) is 11.1. The number of H-pyrrole nitrogens is 2. The summed E-state index contributed by atoms with van der Waals surface area (Å²) in [6, 6.07) is 5.91. The van der Waals surface area contributed by atoms with E-state index >= 15 is 0 Å². The Morgan fingerprint density at radius 3 is 2.71 bits per heavy atom. The van der Waals surface area contributed by atoms with Crippen molar-refractivity contribution in [3.05, 3.63) is 34.2 Å². The Hall–Kier alpha value is -1.79. The lowest BCUT2D eigenvalue weighted by Gasteiger charge is -2.16. The van der Waals surface area contributed by atoms with E-state index in [-0.39, 0.29) is 30.0 Å². The van der Waals surface area contributed by atoms with Crippen molar-refractivity contribution in [2.24, 2.45) is 5.73 Å². The summed E-state index contributed by atoms with van der Waals surface area (Å²) in [5, 5.41) is 3.00. The number of aryl methyl sites for hydroxylation is 1. The Kier molecular flexibility index (Phi) is 8.57. The molecule has 0 aliphatic heterocycles. The van der Waals surface area contributed by atoms with Crippen molar-refractivity contribution < 1.29 is 4.79 Å². The Balaban J connectivity index is 0.00000288. The summed E-state index contributed by atoms with van der Waals surface area (Å²) >= 11 is 0. The van der Waals surface area contributed by atoms with Gasteiger partial charge in [-0.15, -0.1) is 12.4 Å². The van der Waals surface area contributed by atoms with Crippen molar-refractivity contribution in [3.8, 4) is 0 Å². The second kappa shape index (κ2) is 10.2. The Labute approximate surface area is 148 Å². The molecule has 5 N–H and O–H groups in total. The van der Waals surface area contributed by atoms with Crippen molar-refractivity contribution in [3.63, 3.8) is 0 Å². The number of benzene rings is 1. The highest BCUT2D eigenvalue weighted by molar-refractivity contribution is 5.85. The molecule has 0 bridgehead atoms. The highest BCUT2D eigenvalue weighted by Crippen LogP contribution is 2.12. The standard InChI is InChI=1S/C17H26N4O2.ClH/c1-2-3-6-13(11-18)19-16(22)7-4-5-12-8-9-14-15(10-12)21-17(23)20-14;/h8-10,13H,2-7,11,18H2,1H3,(H,19,22)(H2,20,21,23);1H. The van der Waals surface area contributed by atoms with Gasteiger partial charge in [-0.3, -0.25) is 4.79 Å². The number of carbonyl (C=O) groups excluding carboxylic acids is 1. The first-order valence-electron chi connectivity index (χ1n) is 8.32. The van der Waals surface area contributed by atoms with Gasteiger partial charge in [0.05, 0.1) is 11.0 Å². The zero-order valence-electron chi connectivity index (χ0n) is 14.1. The Morgan fingerprint density at radius 2 is 2.00 bits per heavy atom. The zero-order chi connectivity index (χ0) is 16.7. The fourth-order valence-corrected chi connectivity index (χ4v) is 2.69. The fraction of sp³-hybridized carbons (Fsp3) is 0.529. The SMILES string of the molecule is CCCCC(CN)NC(=O)CCCc1ccc2[nH]c(=O)[nH]c2c1.Cl. The maximum absolute atomic E-state index is 12.0. The van der Waals surface area contributed by atoms with Gasteiger partial charge in [0, 0.05) is 19.0 Å². The smallest absolute Gasteiger partial charge is 0.323 e. The maximum Gasteiger partial charge on any atom is 0.323 e. The number of nitrogens with one attached hydrogen (secondary N) is 3. The number of nitrogens with two attached hydrogens (primary N) is 1. The molecule has 1 atom stereocenters. The van der Waals surface area contributed by atoms with Gasteiger partial charge in [-0.1, -0.05) is 25.8 Å². The summed E-state index contributed by atoms with van der Waals surface area (Å²) in [5.41, 5.74) is 8.21. The van der Waals surface area contributed by atoms with Crippen LogP contribution in [0.3, 0.4) is 0 Å². The molecule has 1 heterocycles. The van der Waals surface area contributed by atoms with E-state index in [9.17, 15) is 9.59 Å². The molecule has 1 aromatic heterocycles. The van der Waals surface area contributed by atoms with E-state index in [0.29, 0.717) is 13.0 Å². The van der Waals surface area contributed by atoms with E-state index < -0.39 is 0 Å². The molecule has 0 spiro atoms. The predicted octanol–water partition coefficient (Wildman–Crippen LogP) is 2.23. The van der Waals surface area contributed by atoms with Crippen molar-refractivity contribution in [2.75, 3.05) is 6.54 Å². The van der Waals surface area contributed by atoms with E-state index in [1.807, 2.05) is 18.2 Å². The number of amides is 1. The van der Waals surface area contributed by atoms with Gasteiger partial charge in [0.1, 0.15) is 0 Å². The molecule has 0 saturated heterocycles. The number of aromatic amines is 2. The van der Waals surface area contributed by atoms with Crippen LogP contribution in [0.1, 0.15) is 44.6 Å². The van der Waals surface area contributed by atoms with Crippen LogP contribution in [0.5, 0.6) is 0 Å². The van der Waals surface area contributed by atoms with Gasteiger partial charge < -0.3 is 21.0 Å². The van der Waals surface area contributed by atoms with Gasteiger partial charge in [-0.05, 0) is 37.0 Å². The summed E-state index contributed by atoms with van der Waals surface area (Å²) in [4.78, 5) is 28.7. The number of imidazole rings is 1. The average Bonchev–Trinajstić information content (AvgIpc) is 2.90. The molecule has 2 rings (SSSR count). The second-order valence-corrected chi connectivity index (χ2v) is 5.95. The van der Waals surface area contributed by atoms with Gasteiger partial charge in [0.25, 0.3) is 0 Å². The normalized spacial score (nSPS) is 11.9. The van der Waals surface area contributed by atoms with Crippen molar-refractivity contribution >= 4 is 29.3 Å².